The van der Waals surface area contributed by atoms with Crippen molar-refractivity contribution in [3.63, 3.8) is 0 Å². The molecule has 0 aromatic carbocycles. The lowest BCUT2D eigenvalue weighted by Crippen LogP contribution is -1.87. The molecule has 0 aliphatic heterocycles. The quantitative estimate of drug-likeness (QED) is 0.389. The molecule has 0 spiro atoms. The molecular formula is C2H13N3. The minimum Gasteiger partial charge on any atom is -0.344 e. The first-order valence-electron chi connectivity index (χ1n) is 1.12. The summed E-state index contributed by atoms with van der Waals surface area (Å²) in [5.41, 5.74) is 4.85. The molecule has 0 bridgehead atoms. The van der Waals surface area contributed by atoms with Gasteiger partial charge in [0.1, 0.15) is 0 Å². The summed E-state index contributed by atoms with van der Waals surface area (Å²) in [6.07, 6.45) is 0. The van der Waals surface area contributed by atoms with E-state index < -0.39 is 0 Å². The molecule has 0 aliphatic carbocycles. The van der Waals surface area contributed by atoms with Crippen LogP contribution in [0.5, 0.6) is 0 Å². The van der Waals surface area contributed by atoms with Crippen molar-refractivity contribution in [2.24, 2.45) is 5.73 Å². The van der Waals surface area contributed by atoms with E-state index >= 15 is 0 Å². The highest BCUT2D eigenvalue weighted by Gasteiger charge is 1.32. The number of hydrogen-bond acceptors (Lipinski definition) is 3. The fraction of sp³-hybridized carbons (Fsp3) is 1.00. The smallest absolute Gasteiger partial charge is 0.0106 e. The number of hydrogen-bond donors (Lipinski definition) is 3. The Morgan fingerprint density at radius 3 is 1.40 bits per heavy atom. The molecule has 0 unspecified atom stereocenters. The van der Waals surface area contributed by atoms with Gasteiger partial charge in [0, 0.05) is 0 Å². The minimum atomic E-state index is 0. The van der Waals surface area contributed by atoms with Crippen LogP contribution in [0.15, 0.2) is 0 Å². The Kier molecular flexibility index (Phi) is 173. The van der Waals surface area contributed by atoms with Crippen molar-refractivity contribution in [1.82, 2.24) is 12.3 Å². The Morgan fingerprint density at radius 2 is 1.40 bits per heavy atom. The van der Waals surface area contributed by atoms with Crippen molar-refractivity contribution >= 4 is 0 Å². The van der Waals surface area contributed by atoms with Crippen molar-refractivity contribution in [3.8, 4) is 0 Å². The summed E-state index contributed by atoms with van der Waals surface area (Å²) >= 11 is 0. The van der Waals surface area contributed by atoms with E-state index in [0.717, 1.165) is 6.54 Å². The zero-order valence-corrected chi connectivity index (χ0v) is 3.70. The van der Waals surface area contributed by atoms with Gasteiger partial charge >= 0.3 is 0 Å². The van der Waals surface area contributed by atoms with Gasteiger partial charge in [0.25, 0.3) is 0 Å². The van der Waals surface area contributed by atoms with E-state index in [1.807, 2.05) is 6.92 Å². The molecule has 0 fully saturated rings. The molecule has 0 amide bonds. The molecule has 0 saturated carbocycles. The number of rotatable bonds is 0. The Labute approximate surface area is 32.7 Å². The van der Waals surface area contributed by atoms with E-state index in [0.29, 0.717) is 0 Å². The van der Waals surface area contributed by atoms with Crippen LogP contribution in [-0.4, -0.2) is 6.54 Å². The van der Waals surface area contributed by atoms with Gasteiger partial charge in [0.15, 0.2) is 0 Å². The third kappa shape index (κ3) is 952. The SMILES string of the molecule is CCN.N.N. The molecule has 0 atom stereocenters. The van der Waals surface area contributed by atoms with Gasteiger partial charge in [-0.25, -0.2) is 0 Å². The average molecular weight is 79.1 g/mol. The van der Waals surface area contributed by atoms with Gasteiger partial charge in [-0.15, -0.1) is 0 Å². The van der Waals surface area contributed by atoms with E-state index in [1.54, 1.807) is 0 Å². The molecule has 0 aliphatic rings. The molecule has 5 heavy (non-hydrogen) atoms. The summed E-state index contributed by atoms with van der Waals surface area (Å²) in [6, 6.07) is 0. The van der Waals surface area contributed by atoms with Gasteiger partial charge in [-0.2, -0.15) is 0 Å². The molecule has 0 rings (SSSR count). The second-order valence-electron chi connectivity index (χ2n) is 0.408. The summed E-state index contributed by atoms with van der Waals surface area (Å²) < 4.78 is 0. The van der Waals surface area contributed by atoms with Crippen molar-refractivity contribution in [2.45, 2.75) is 6.92 Å². The first kappa shape index (κ1) is 20.8. The second kappa shape index (κ2) is 41.6. The van der Waals surface area contributed by atoms with E-state index in [1.165, 1.54) is 0 Å². The first-order valence-corrected chi connectivity index (χ1v) is 1.12. The van der Waals surface area contributed by atoms with Gasteiger partial charge < -0.3 is 18.0 Å². The maximum atomic E-state index is 4.85. The van der Waals surface area contributed by atoms with Gasteiger partial charge in [0.05, 0.1) is 0 Å². The highest BCUT2D eigenvalue weighted by Crippen LogP contribution is 1.20. The predicted octanol–water partition coefficient (Wildman–Crippen LogP) is 0.289. The van der Waals surface area contributed by atoms with Gasteiger partial charge in [-0.1, -0.05) is 6.92 Å². The van der Waals surface area contributed by atoms with E-state index in [2.05, 4.69) is 0 Å². The zero-order valence-electron chi connectivity index (χ0n) is 3.70. The van der Waals surface area contributed by atoms with Crippen LogP contribution in [0.3, 0.4) is 0 Å². The van der Waals surface area contributed by atoms with Crippen molar-refractivity contribution in [1.29, 1.82) is 0 Å². The predicted molar refractivity (Wildman–Crippen MR) is 24.8 cm³/mol. The topological polar surface area (TPSA) is 96.0 Å². The van der Waals surface area contributed by atoms with Crippen molar-refractivity contribution < 1.29 is 0 Å². The van der Waals surface area contributed by atoms with E-state index in [9.17, 15) is 0 Å². The van der Waals surface area contributed by atoms with E-state index in [4.69, 9.17) is 5.73 Å². The molecule has 36 valence electrons. The van der Waals surface area contributed by atoms with Gasteiger partial charge in [-0.3, -0.25) is 0 Å². The summed E-state index contributed by atoms with van der Waals surface area (Å²) in [5.74, 6) is 0. The van der Waals surface area contributed by atoms with Crippen LogP contribution >= 0.6 is 0 Å². The summed E-state index contributed by atoms with van der Waals surface area (Å²) in [5, 5.41) is 0. The van der Waals surface area contributed by atoms with Crippen LogP contribution < -0.4 is 18.0 Å². The van der Waals surface area contributed by atoms with Crippen LogP contribution in [0.2, 0.25) is 0 Å². The minimum absolute atomic E-state index is 0. The van der Waals surface area contributed by atoms with Crippen LogP contribution in [0.25, 0.3) is 0 Å². The fourth-order valence-corrected chi connectivity index (χ4v) is 0. The maximum Gasteiger partial charge on any atom is -0.0106 e. The van der Waals surface area contributed by atoms with Gasteiger partial charge in [-0.05, 0) is 6.54 Å². The lowest BCUT2D eigenvalue weighted by molar-refractivity contribution is 1.14. The van der Waals surface area contributed by atoms with Crippen molar-refractivity contribution in [3.05, 3.63) is 0 Å². The molecule has 0 aromatic rings. The highest BCUT2D eigenvalue weighted by molar-refractivity contribution is 4.00. The van der Waals surface area contributed by atoms with E-state index in [-0.39, 0.29) is 12.3 Å². The first-order chi connectivity index (χ1) is 1.41. The summed E-state index contributed by atoms with van der Waals surface area (Å²) in [7, 11) is 0. The molecular weight excluding hydrogens is 66.0 g/mol. The molecule has 3 heteroatoms. The van der Waals surface area contributed by atoms with Crippen LogP contribution in [0.4, 0.5) is 0 Å². The standard InChI is InChI=1S/C2H7N.2H3N/c1-2-3;;/h2-3H2,1H3;2*1H3. The normalized spacial score (nSPS) is 3.60. The molecule has 0 aromatic heterocycles. The Bertz CT molecular complexity index is 4.85. The summed E-state index contributed by atoms with van der Waals surface area (Å²) in [6.45, 7) is 2.65. The largest absolute Gasteiger partial charge is 0.344 e. The molecule has 0 heterocycles. The summed E-state index contributed by atoms with van der Waals surface area (Å²) in [4.78, 5) is 0. The lowest BCUT2D eigenvalue weighted by Gasteiger charge is -1.53. The fourth-order valence-electron chi connectivity index (χ4n) is 0. The molecule has 3 nitrogen and oxygen atoms in total. The van der Waals surface area contributed by atoms with Crippen LogP contribution in [0.1, 0.15) is 6.92 Å². The highest BCUT2D eigenvalue weighted by atomic mass is 14.5. The second-order valence-corrected chi connectivity index (χ2v) is 0.408. The molecule has 8 N–H and O–H groups in total. The monoisotopic (exact) mass is 79.1 g/mol. The maximum absolute atomic E-state index is 4.85. The Hall–Kier alpha value is -0.120. The van der Waals surface area contributed by atoms with Crippen LogP contribution in [0, 0.1) is 0 Å². The third-order valence-corrected chi connectivity index (χ3v) is 0. The number of nitrogens with two attached hydrogens (primary N) is 1. The Balaban J connectivity index is -0.0000000200. The zero-order chi connectivity index (χ0) is 2.71. The van der Waals surface area contributed by atoms with Crippen molar-refractivity contribution in [2.75, 3.05) is 6.54 Å². The van der Waals surface area contributed by atoms with Gasteiger partial charge in [0.2, 0.25) is 0 Å². The third-order valence-electron chi connectivity index (χ3n) is 0. The van der Waals surface area contributed by atoms with Crippen LogP contribution in [-0.2, 0) is 0 Å². The molecule has 0 saturated heterocycles. The lowest BCUT2D eigenvalue weighted by atomic mass is 10.8. The molecule has 0 radical (unpaired) electrons. The average Bonchev–Trinajstić information content (AvgIpc) is 0.918. The Morgan fingerprint density at radius 1 is 1.40 bits per heavy atom.